The summed E-state index contributed by atoms with van der Waals surface area (Å²) in [5.74, 6) is -0.529. The predicted octanol–water partition coefficient (Wildman–Crippen LogP) is -0.129. The quantitative estimate of drug-likeness (QED) is 0.718. The number of carbonyl (C=O) groups excluding carboxylic acids is 2. The van der Waals surface area contributed by atoms with Crippen molar-refractivity contribution in [1.29, 1.82) is 0 Å². The van der Waals surface area contributed by atoms with Crippen molar-refractivity contribution < 1.29 is 9.59 Å². The second kappa shape index (κ2) is 7.10. The molecule has 1 aliphatic rings. The molecule has 1 atom stereocenters. The monoisotopic (exact) mass is 287 g/mol. The van der Waals surface area contributed by atoms with Gasteiger partial charge < -0.3 is 16.4 Å². The Morgan fingerprint density at radius 3 is 2.95 bits per heavy atom. The fourth-order valence-corrected chi connectivity index (χ4v) is 1.98. The minimum absolute atomic E-state index is 0. The molecule has 1 aromatic heterocycles. The van der Waals surface area contributed by atoms with Crippen molar-refractivity contribution in [2.24, 2.45) is 5.73 Å². The van der Waals surface area contributed by atoms with Gasteiger partial charge in [0.1, 0.15) is 6.54 Å². The molecule has 106 valence electrons. The molecule has 1 saturated heterocycles. The van der Waals surface area contributed by atoms with Crippen LogP contribution in [-0.4, -0.2) is 34.2 Å². The van der Waals surface area contributed by atoms with E-state index in [1.807, 2.05) is 0 Å². The van der Waals surface area contributed by atoms with E-state index >= 15 is 0 Å². The van der Waals surface area contributed by atoms with Crippen molar-refractivity contribution in [2.45, 2.75) is 31.8 Å². The molecule has 7 nitrogen and oxygen atoms in total. The number of rotatable bonds is 4. The predicted molar refractivity (Wildman–Crippen MR) is 72.9 cm³/mol. The molecule has 2 rings (SSSR count). The number of hydrogen-bond donors (Lipinski definition) is 3. The van der Waals surface area contributed by atoms with E-state index in [2.05, 4.69) is 15.7 Å². The fraction of sp³-hybridized carbons (Fsp3) is 0.545. The second-order valence-corrected chi connectivity index (χ2v) is 4.38. The van der Waals surface area contributed by atoms with E-state index in [1.165, 1.54) is 10.9 Å². The molecular formula is C11H18ClN5O2. The number of piperidine rings is 1. The van der Waals surface area contributed by atoms with Gasteiger partial charge >= 0.3 is 0 Å². The number of anilines is 1. The average molecular weight is 288 g/mol. The molecule has 1 fully saturated rings. The van der Waals surface area contributed by atoms with E-state index in [-0.39, 0.29) is 30.9 Å². The Bertz CT molecular complexity index is 442. The van der Waals surface area contributed by atoms with Crippen LogP contribution >= 0.6 is 12.4 Å². The lowest BCUT2D eigenvalue weighted by Gasteiger charge is -2.22. The van der Waals surface area contributed by atoms with Crippen LogP contribution < -0.4 is 16.4 Å². The molecule has 1 aromatic rings. The van der Waals surface area contributed by atoms with Crippen LogP contribution in [0.25, 0.3) is 0 Å². The maximum atomic E-state index is 11.9. The first kappa shape index (κ1) is 15.5. The fourth-order valence-electron chi connectivity index (χ4n) is 1.98. The van der Waals surface area contributed by atoms with Gasteiger partial charge in [0.15, 0.2) is 0 Å². The molecule has 2 heterocycles. The SMILES string of the molecule is Cl.NC(=O)Cn1cc(NC(=O)C2CCCCN2)cn1. The van der Waals surface area contributed by atoms with Gasteiger partial charge in [-0.25, -0.2) is 0 Å². The summed E-state index contributed by atoms with van der Waals surface area (Å²) in [4.78, 5) is 22.6. The van der Waals surface area contributed by atoms with E-state index in [1.54, 1.807) is 6.20 Å². The van der Waals surface area contributed by atoms with Crippen LogP contribution in [0, 0.1) is 0 Å². The van der Waals surface area contributed by atoms with E-state index < -0.39 is 5.91 Å². The van der Waals surface area contributed by atoms with Crippen molar-refractivity contribution >= 4 is 29.9 Å². The first-order valence-corrected chi connectivity index (χ1v) is 6.00. The van der Waals surface area contributed by atoms with Crippen molar-refractivity contribution in [2.75, 3.05) is 11.9 Å². The molecular weight excluding hydrogens is 270 g/mol. The lowest BCUT2D eigenvalue weighted by Crippen LogP contribution is -2.43. The van der Waals surface area contributed by atoms with Crippen LogP contribution in [0.15, 0.2) is 12.4 Å². The molecule has 2 amide bonds. The zero-order chi connectivity index (χ0) is 13.0. The molecule has 4 N–H and O–H groups in total. The van der Waals surface area contributed by atoms with Crippen molar-refractivity contribution in [3.8, 4) is 0 Å². The van der Waals surface area contributed by atoms with Crippen LogP contribution in [0.3, 0.4) is 0 Å². The van der Waals surface area contributed by atoms with E-state index in [4.69, 9.17) is 5.73 Å². The molecule has 19 heavy (non-hydrogen) atoms. The zero-order valence-electron chi connectivity index (χ0n) is 10.5. The molecule has 1 aliphatic heterocycles. The molecule has 0 aromatic carbocycles. The summed E-state index contributed by atoms with van der Waals surface area (Å²) in [6.07, 6.45) is 6.11. The Labute approximate surface area is 117 Å². The Kier molecular flexibility index (Phi) is 5.78. The van der Waals surface area contributed by atoms with Crippen molar-refractivity contribution in [1.82, 2.24) is 15.1 Å². The number of nitrogens with zero attached hydrogens (tertiary/aromatic N) is 2. The lowest BCUT2D eigenvalue weighted by molar-refractivity contribution is -0.119. The third kappa shape index (κ3) is 4.53. The van der Waals surface area contributed by atoms with Crippen molar-refractivity contribution in [3.63, 3.8) is 0 Å². The summed E-state index contributed by atoms with van der Waals surface area (Å²) in [7, 11) is 0. The highest BCUT2D eigenvalue weighted by Crippen LogP contribution is 2.10. The highest BCUT2D eigenvalue weighted by molar-refractivity contribution is 5.94. The summed E-state index contributed by atoms with van der Waals surface area (Å²) in [5.41, 5.74) is 5.63. The third-order valence-electron chi connectivity index (χ3n) is 2.85. The zero-order valence-corrected chi connectivity index (χ0v) is 11.3. The van der Waals surface area contributed by atoms with Crippen LogP contribution in [-0.2, 0) is 16.1 Å². The minimum atomic E-state index is -0.468. The minimum Gasteiger partial charge on any atom is -0.368 e. The molecule has 0 aliphatic carbocycles. The summed E-state index contributed by atoms with van der Waals surface area (Å²) in [5, 5.41) is 9.87. The first-order chi connectivity index (χ1) is 8.65. The normalized spacial score (nSPS) is 18.4. The van der Waals surface area contributed by atoms with Gasteiger partial charge in [-0.15, -0.1) is 12.4 Å². The van der Waals surface area contributed by atoms with Gasteiger partial charge in [0, 0.05) is 6.20 Å². The smallest absolute Gasteiger partial charge is 0.241 e. The van der Waals surface area contributed by atoms with Crippen LogP contribution in [0.5, 0.6) is 0 Å². The van der Waals surface area contributed by atoms with E-state index in [0.717, 1.165) is 25.8 Å². The summed E-state index contributed by atoms with van der Waals surface area (Å²) in [6, 6.07) is -0.141. The van der Waals surface area contributed by atoms with Gasteiger partial charge in [0.25, 0.3) is 0 Å². The average Bonchev–Trinajstić information content (AvgIpc) is 2.76. The number of hydrogen-bond acceptors (Lipinski definition) is 4. The second-order valence-electron chi connectivity index (χ2n) is 4.38. The topological polar surface area (TPSA) is 102 Å². The number of nitrogens with one attached hydrogen (secondary N) is 2. The number of nitrogens with two attached hydrogens (primary N) is 1. The molecule has 0 spiro atoms. The number of amides is 2. The Hall–Kier alpha value is -1.60. The van der Waals surface area contributed by atoms with Crippen LogP contribution in [0.1, 0.15) is 19.3 Å². The molecule has 0 saturated carbocycles. The van der Waals surface area contributed by atoms with Crippen molar-refractivity contribution in [3.05, 3.63) is 12.4 Å². The van der Waals surface area contributed by atoms with Gasteiger partial charge in [-0.3, -0.25) is 14.3 Å². The van der Waals surface area contributed by atoms with Crippen LogP contribution in [0.2, 0.25) is 0 Å². The number of primary amides is 1. The highest BCUT2D eigenvalue weighted by Gasteiger charge is 2.20. The van der Waals surface area contributed by atoms with Gasteiger partial charge in [-0.2, -0.15) is 5.10 Å². The van der Waals surface area contributed by atoms with Gasteiger partial charge in [0.05, 0.1) is 17.9 Å². The summed E-state index contributed by atoms with van der Waals surface area (Å²) in [6.45, 7) is 0.885. The highest BCUT2D eigenvalue weighted by atomic mass is 35.5. The van der Waals surface area contributed by atoms with Crippen LogP contribution in [0.4, 0.5) is 5.69 Å². The number of aromatic nitrogens is 2. The molecule has 0 radical (unpaired) electrons. The number of carbonyl (C=O) groups is 2. The summed E-state index contributed by atoms with van der Waals surface area (Å²) < 4.78 is 1.40. The van der Waals surface area contributed by atoms with E-state index in [9.17, 15) is 9.59 Å². The molecule has 1 unspecified atom stereocenters. The maximum absolute atomic E-state index is 11.9. The summed E-state index contributed by atoms with van der Waals surface area (Å²) >= 11 is 0. The molecule has 0 bridgehead atoms. The standard InChI is InChI=1S/C11H17N5O2.ClH/c12-10(17)7-16-6-8(5-14-16)15-11(18)9-3-1-2-4-13-9;/h5-6,9,13H,1-4,7H2,(H2,12,17)(H,15,18);1H. The molecule has 8 heteroatoms. The Morgan fingerprint density at radius 2 is 2.32 bits per heavy atom. The lowest BCUT2D eigenvalue weighted by atomic mass is 10.0. The van der Waals surface area contributed by atoms with Gasteiger partial charge in [0.2, 0.25) is 11.8 Å². The Balaban J connectivity index is 0.00000180. The Morgan fingerprint density at radius 1 is 1.53 bits per heavy atom. The van der Waals surface area contributed by atoms with Gasteiger partial charge in [-0.1, -0.05) is 6.42 Å². The number of halogens is 1. The van der Waals surface area contributed by atoms with E-state index in [0.29, 0.717) is 5.69 Å². The third-order valence-corrected chi connectivity index (χ3v) is 2.85. The van der Waals surface area contributed by atoms with Gasteiger partial charge in [-0.05, 0) is 19.4 Å². The maximum Gasteiger partial charge on any atom is 0.241 e. The largest absolute Gasteiger partial charge is 0.368 e. The first-order valence-electron chi connectivity index (χ1n) is 6.00.